The molecule has 1 aliphatic rings. The van der Waals surface area contributed by atoms with Crippen LogP contribution in [0.25, 0.3) is 0 Å². The van der Waals surface area contributed by atoms with Gasteiger partial charge in [0.2, 0.25) is 0 Å². The Morgan fingerprint density at radius 1 is 1.35 bits per heavy atom. The van der Waals surface area contributed by atoms with Gasteiger partial charge in [0.1, 0.15) is 0 Å². The average Bonchev–Trinajstić information content (AvgIpc) is 2.79. The Morgan fingerprint density at radius 2 is 2.18 bits per heavy atom. The molecule has 0 spiro atoms. The highest BCUT2D eigenvalue weighted by molar-refractivity contribution is 7.10. The molecule has 1 N–H and O–H groups in total. The molecular weight excluding hydrogens is 226 g/mol. The van der Waals surface area contributed by atoms with E-state index in [1.807, 2.05) is 11.3 Å². The van der Waals surface area contributed by atoms with E-state index in [0.717, 1.165) is 12.0 Å². The highest BCUT2D eigenvalue weighted by atomic mass is 32.1. The van der Waals surface area contributed by atoms with Crippen LogP contribution in [0.5, 0.6) is 0 Å². The van der Waals surface area contributed by atoms with Crippen molar-refractivity contribution in [2.75, 3.05) is 0 Å². The summed E-state index contributed by atoms with van der Waals surface area (Å²) < 4.78 is 0. The van der Waals surface area contributed by atoms with E-state index in [1.54, 1.807) is 0 Å². The SMILES string of the molecule is CCC(NC1CCCCCC1C)c1cccs1. The van der Waals surface area contributed by atoms with Crippen LogP contribution in [0, 0.1) is 5.92 Å². The average molecular weight is 251 g/mol. The summed E-state index contributed by atoms with van der Waals surface area (Å²) in [4.78, 5) is 1.50. The Morgan fingerprint density at radius 3 is 2.88 bits per heavy atom. The molecule has 0 saturated heterocycles. The van der Waals surface area contributed by atoms with Crippen LogP contribution >= 0.6 is 11.3 Å². The quantitative estimate of drug-likeness (QED) is 0.761. The Labute approximate surface area is 110 Å². The third-order valence-electron chi connectivity index (χ3n) is 4.07. The number of rotatable bonds is 4. The van der Waals surface area contributed by atoms with E-state index in [4.69, 9.17) is 0 Å². The zero-order valence-corrected chi connectivity index (χ0v) is 11.9. The summed E-state index contributed by atoms with van der Waals surface area (Å²) in [6.07, 6.45) is 8.22. The van der Waals surface area contributed by atoms with Gasteiger partial charge in [0.25, 0.3) is 0 Å². The van der Waals surface area contributed by atoms with E-state index in [-0.39, 0.29) is 0 Å². The third kappa shape index (κ3) is 3.56. The van der Waals surface area contributed by atoms with Crippen molar-refractivity contribution in [3.63, 3.8) is 0 Å². The van der Waals surface area contributed by atoms with Gasteiger partial charge in [0.05, 0.1) is 0 Å². The Kier molecular flexibility index (Phi) is 5.05. The molecule has 1 nitrogen and oxygen atoms in total. The van der Waals surface area contributed by atoms with Gasteiger partial charge in [-0.1, -0.05) is 39.2 Å². The van der Waals surface area contributed by atoms with Crippen LogP contribution < -0.4 is 5.32 Å². The molecule has 0 aromatic carbocycles. The second-order valence-electron chi connectivity index (χ2n) is 5.36. The molecule has 0 amide bonds. The second kappa shape index (κ2) is 6.55. The van der Waals surface area contributed by atoms with Crippen molar-refractivity contribution in [2.24, 2.45) is 5.92 Å². The normalized spacial score (nSPS) is 27.6. The zero-order valence-electron chi connectivity index (χ0n) is 11.1. The van der Waals surface area contributed by atoms with Crippen LogP contribution in [0.4, 0.5) is 0 Å². The van der Waals surface area contributed by atoms with E-state index < -0.39 is 0 Å². The lowest BCUT2D eigenvalue weighted by Gasteiger charge is -2.28. The van der Waals surface area contributed by atoms with Crippen molar-refractivity contribution in [1.82, 2.24) is 5.32 Å². The van der Waals surface area contributed by atoms with E-state index in [1.165, 1.54) is 43.4 Å². The first-order chi connectivity index (χ1) is 8.31. The van der Waals surface area contributed by atoms with Crippen LogP contribution in [0.3, 0.4) is 0 Å². The highest BCUT2D eigenvalue weighted by Gasteiger charge is 2.22. The molecule has 1 aromatic heterocycles. The van der Waals surface area contributed by atoms with Crippen molar-refractivity contribution in [3.8, 4) is 0 Å². The first-order valence-corrected chi connectivity index (χ1v) is 7.98. The van der Waals surface area contributed by atoms with Crippen LogP contribution in [0.2, 0.25) is 0 Å². The van der Waals surface area contributed by atoms with Crippen LogP contribution in [-0.4, -0.2) is 6.04 Å². The summed E-state index contributed by atoms with van der Waals surface area (Å²) in [6, 6.07) is 5.73. The van der Waals surface area contributed by atoms with Gasteiger partial charge in [-0.15, -0.1) is 11.3 Å². The molecule has 2 heteroatoms. The Hall–Kier alpha value is -0.340. The smallest absolute Gasteiger partial charge is 0.0414 e. The van der Waals surface area contributed by atoms with Crippen molar-refractivity contribution >= 4 is 11.3 Å². The Bertz CT molecular complexity index is 307. The van der Waals surface area contributed by atoms with Crippen LogP contribution in [-0.2, 0) is 0 Å². The maximum absolute atomic E-state index is 3.91. The molecule has 2 rings (SSSR count). The van der Waals surface area contributed by atoms with E-state index in [2.05, 4.69) is 36.7 Å². The molecular formula is C15H25NS. The fraction of sp³-hybridized carbons (Fsp3) is 0.733. The van der Waals surface area contributed by atoms with Crippen molar-refractivity contribution in [1.29, 1.82) is 0 Å². The maximum Gasteiger partial charge on any atom is 0.0414 e. The van der Waals surface area contributed by atoms with Gasteiger partial charge in [-0.05, 0) is 36.6 Å². The van der Waals surface area contributed by atoms with E-state index >= 15 is 0 Å². The maximum atomic E-state index is 3.91. The van der Waals surface area contributed by atoms with Gasteiger partial charge < -0.3 is 5.32 Å². The molecule has 0 radical (unpaired) electrons. The Balaban J connectivity index is 1.97. The van der Waals surface area contributed by atoms with Gasteiger partial charge >= 0.3 is 0 Å². The summed E-state index contributed by atoms with van der Waals surface area (Å²) in [5, 5.41) is 6.10. The van der Waals surface area contributed by atoms with Crippen molar-refractivity contribution in [2.45, 2.75) is 64.5 Å². The monoisotopic (exact) mass is 251 g/mol. The number of hydrogen-bond donors (Lipinski definition) is 1. The molecule has 1 saturated carbocycles. The van der Waals surface area contributed by atoms with Gasteiger partial charge in [0.15, 0.2) is 0 Å². The summed E-state index contributed by atoms with van der Waals surface area (Å²) in [6.45, 7) is 4.71. The molecule has 0 bridgehead atoms. The molecule has 1 aliphatic carbocycles. The van der Waals surface area contributed by atoms with E-state index in [9.17, 15) is 0 Å². The van der Waals surface area contributed by atoms with Gasteiger partial charge in [-0.25, -0.2) is 0 Å². The first-order valence-electron chi connectivity index (χ1n) is 7.10. The largest absolute Gasteiger partial charge is 0.306 e. The summed E-state index contributed by atoms with van der Waals surface area (Å²) in [7, 11) is 0. The van der Waals surface area contributed by atoms with Crippen molar-refractivity contribution < 1.29 is 0 Å². The summed E-state index contributed by atoms with van der Waals surface area (Å²) in [5.74, 6) is 0.839. The van der Waals surface area contributed by atoms with Gasteiger partial charge in [-0.3, -0.25) is 0 Å². The predicted molar refractivity (Wildman–Crippen MR) is 76.5 cm³/mol. The number of nitrogens with one attached hydrogen (secondary N) is 1. The minimum absolute atomic E-state index is 0.570. The molecule has 0 aliphatic heterocycles. The predicted octanol–water partition coefficient (Wildman–Crippen LogP) is 4.76. The minimum atomic E-state index is 0.570. The molecule has 1 aromatic rings. The molecule has 96 valence electrons. The van der Waals surface area contributed by atoms with Gasteiger partial charge in [-0.2, -0.15) is 0 Å². The number of thiophene rings is 1. The molecule has 17 heavy (non-hydrogen) atoms. The second-order valence-corrected chi connectivity index (χ2v) is 6.34. The molecule has 1 heterocycles. The minimum Gasteiger partial charge on any atom is -0.306 e. The molecule has 1 fully saturated rings. The topological polar surface area (TPSA) is 12.0 Å². The highest BCUT2D eigenvalue weighted by Crippen LogP contribution is 2.28. The summed E-state index contributed by atoms with van der Waals surface area (Å²) in [5.41, 5.74) is 0. The third-order valence-corrected chi connectivity index (χ3v) is 5.06. The lowest BCUT2D eigenvalue weighted by molar-refractivity contribution is 0.320. The van der Waals surface area contributed by atoms with E-state index in [0.29, 0.717) is 6.04 Å². The van der Waals surface area contributed by atoms with Gasteiger partial charge in [0, 0.05) is 17.0 Å². The standard InChI is InChI=1S/C15H25NS/c1-3-13(15-10-7-11-17-15)16-14-9-6-4-5-8-12(14)2/h7,10-14,16H,3-6,8-9H2,1-2H3. The van der Waals surface area contributed by atoms with Crippen LogP contribution in [0.1, 0.15) is 63.3 Å². The summed E-state index contributed by atoms with van der Waals surface area (Å²) >= 11 is 1.89. The lowest BCUT2D eigenvalue weighted by Crippen LogP contribution is -2.36. The van der Waals surface area contributed by atoms with Crippen molar-refractivity contribution in [3.05, 3.63) is 22.4 Å². The molecule has 3 unspecified atom stereocenters. The van der Waals surface area contributed by atoms with Crippen LogP contribution in [0.15, 0.2) is 17.5 Å². The molecule has 3 atom stereocenters. The number of hydrogen-bond acceptors (Lipinski definition) is 2. The lowest BCUT2D eigenvalue weighted by atomic mass is 9.95. The zero-order chi connectivity index (χ0) is 12.1. The fourth-order valence-electron chi connectivity index (χ4n) is 2.89. The fourth-order valence-corrected chi connectivity index (χ4v) is 3.76. The first kappa shape index (κ1) is 13.1.